The highest BCUT2D eigenvalue weighted by Crippen LogP contribution is 2.30. The van der Waals surface area contributed by atoms with E-state index in [1.165, 1.54) is 17.8 Å². The smallest absolute Gasteiger partial charge is 0.230 e. The number of rotatable bonds is 6. The Hall–Kier alpha value is -1.92. The van der Waals surface area contributed by atoms with Gasteiger partial charge in [-0.15, -0.1) is 11.8 Å². The maximum absolute atomic E-state index is 13.7. The molecule has 0 radical (unpaired) electrons. The lowest BCUT2D eigenvalue weighted by atomic mass is 10.2. The summed E-state index contributed by atoms with van der Waals surface area (Å²) < 4.78 is 25.0. The van der Waals surface area contributed by atoms with Gasteiger partial charge < -0.3 is 14.8 Å². The maximum Gasteiger partial charge on any atom is 0.230 e. The third kappa shape index (κ3) is 4.80. The number of fused-ring (bicyclic) bond motifs is 1. The summed E-state index contributed by atoms with van der Waals surface area (Å²) in [5.74, 6) is 1.45. The van der Waals surface area contributed by atoms with Crippen molar-refractivity contribution in [3.63, 3.8) is 0 Å². The number of carbonyl (C=O) groups is 1. The van der Waals surface area contributed by atoms with E-state index in [1.807, 2.05) is 24.3 Å². The molecule has 1 atom stereocenters. The average molecular weight is 382 g/mol. The van der Waals surface area contributed by atoms with Gasteiger partial charge in [0.1, 0.15) is 18.5 Å². The molecule has 4 nitrogen and oxygen atoms in total. The van der Waals surface area contributed by atoms with Crippen LogP contribution in [0.5, 0.6) is 11.5 Å². The van der Waals surface area contributed by atoms with Crippen molar-refractivity contribution < 1.29 is 18.7 Å². The van der Waals surface area contributed by atoms with Crippen LogP contribution in [0.25, 0.3) is 0 Å². The molecule has 0 unspecified atom stereocenters. The number of para-hydroxylation sites is 2. The summed E-state index contributed by atoms with van der Waals surface area (Å²) >= 11 is 7.27. The summed E-state index contributed by atoms with van der Waals surface area (Å²) in [6.07, 6.45) is -0.232. The van der Waals surface area contributed by atoms with Gasteiger partial charge in [-0.1, -0.05) is 29.8 Å². The normalized spacial score (nSPS) is 15.7. The number of amides is 1. The van der Waals surface area contributed by atoms with Crippen molar-refractivity contribution in [2.75, 3.05) is 18.9 Å². The van der Waals surface area contributed by atoms with E-state index in [0.29, 0.717) is 41.0 Å². The third-order valence-electron chi connectivity index (χ3n) is 3.64. The highest BCUT2D eigenvalue weighted by molar-refractivity contribution is 7.99. The molecule has 1 aliphatic heterocycles. The van der Waals surface area contributed by atoms with Gasteiger partial charge in [0, 0.05) is 16.3 Å². The Labute approximate surface area is 154 Å². The summed E-state index contributed by atoms with van der Waals surface area (Å²) in [7, 11) is 0. The lowest BCUT2D eigenvalue weighted by Gasteiger charge is -2.26. The zero-order valence-corrected chi connectivity index (χ0v) is 14.9. The Kier molecular flexibility index (Phi) is 6.04. The molecule has 0 bridgehead atoms. The van der Waals surface area contributed by atoms with E-state index in [1.54, 1.807) is 12.1 Å². The first-order valence-corrected chi connectivity index (χ1v) is 9.32. The Morgan fingerprint density at radius 2 is 2.04 bits per heavy atom. The number of hydrogen-bond acceptors (Lipinski definition) is 4. The van der Waals surface area contributed by atoms with Gasteiger partial charge in [0.05, 0.1) is 12.3 Å². The summed E-state index contributed by atoms with van der Waals surface area (Å²) in [6, 6.07) is 12.0. The fraction of sp³-hybridized carbons (Fsp3) is 0.278. The lowest BCUT2D eigenvalue weighted by molar-refractivity contribution is -0.119. The fourth-order valence-electron chi connectivity index (χ4n) is 2.36. The number of hydrogen-bond donors (Lipinski definition) is 1. The summed E-state index contributed by atoms with van der Waals surface area (Å²) in [5, 5.41) is 3.18. The van der Waals surface area contributed by atoms with Crippen molar-refractivity contribution in [2.45, 2.75) is 11.9 Å². The van der Waals surface area contributed by atoms with Crippen LogP contribution >= 0.6 is 23.4 Å². The van der Waals surface area contributed by atoms with Crippen LogP contribution < -0.4 is 14.8 Å². The van der Waals surface area contributed by atoms with Crippen molar-refractivity contribution >= 4 is 29.3 Å². The highest BCUT2D eigenvalue weighted by Gasteiger charge is 2.21. The molecule has 132 valence electrons. The van der Waals surface area contributed by atoms with Gasteiger partial charge in [-0.2, -0.15) is 0 Å². The van der Waals surface area contributed by atoms with Gasteiger partial charge in [0.2, 0.25) is 5.91 Å². The zero-order chi connectivity index (χ0) is 17.6. The summed E-state index contributed by atoms with van der Waals surface area (Å²) in [6.45, 7) is 0.740. The molecular formula is C18H17ClFNO3S. The van der Waals surface area contributed by atoms with E-state index in [0.717, 1.165) is 0 Å². The maximum atomic E-state index is 13.7. The van der Waals surface area contributed by atoms with E-state index in [-0.39, 0.29) is 23.6 Å². The van der Waals surface area contributed by atoms with Gasteiger partial charge in [-0.05, 0) is 24.3 Å². The second-order valence-corrected chi connectivity index (χ2v) is 6.89. The van der Waals surface area contributed by atoms with Crippen LogP contribution in [-0.2, 0) is 10.5 Å². The number of nitrogens with one attached hydrogen (secondary N) is 1. The molecule has 7 heteroatoms. The minimum atomic E-state index is -0.355. The van der Waals surface area contributed by atoms with Crippen LogP contribution in [0.3, 0.4) is 0 Å². The number of ether oxygens (including phenoxy) is 2. The largest absolute Gasteiger partial charge is 0.486 e. The van der Waals surface area contributed by atoms with E-state index >= 15 is 0 Å². The first-order valence-electron chi connectivity index (χ1n) is 7.79. The third-order valence-corrected chi connectivity index (χ3v) is 4.95. The van der Waals surface area contributed by atoms with Crippen LogP contribution in [-0.4, -0.2) is 30.9 Å². The monoisotopic (exact) mass is 381 g/mol. The van der Waals surface area contributed by atoms with Crippen molar-refractivity contribution in [2.24, 2.45) is 0 Å². The molecular weight excluding hydrogens is 365 g/mol. The van der Waals surface area contributed by atoms with Crippen molar-refractivity contribution in [1.82, 2.24) is 5.32 Å². The van der Waals surface area contributed by atoms with Gasteiger partial charge in [0.25, 0.3) is 0 Å². The van der Waals surface area contributed by atoms with E-state index in [4.69, 9.17) is 21.1 Å². The minimum absolute atomic E-state index is 0.139. The SMILES string of the molecule is O=C(CSCc1c(F)cccc1Cl)NC[C@H]1COc2ccccc2O1. The second-order valence-electron chi connectivity index (χ2n) is 5.49. The summed E-state index contributed by atoms with van der Waals surface area (Å²) in [5.41, 5.74) is 0.419. The predicted octanol–water partition coefficient (Wildman–Crippen LogP) is 3.67. The quantitative estimate of drug-likeness (QED) is 0.829. The Balaban J connectivity index is 1.40. The molecule has 1 heterocycles. The molecule has 1 aliphatic rings. The van der Waals surface area contributed by atoms with Gasteiger partial charge in [0.15, 0.2) is 11.5 Å². The molecule has 1 amide bonds. The minimum Gasteiger partial charge on any atom is -0.486 e. The topological polar surface area (TPSA) is 47.6 Å². The molecule has 0 aliphatic carbocycles. The fourth-order valence-corrected chi connectivity index (χ4v) is 3.55. The molecule has 0 saturated carbocycles. The standard InChI is InChI=1S/C18H17ClFNO3S/c19-14-4-3-5-15(20)13(14)10-25-11-18(22)21-8-12-9-23-16-6-1-2-7-17(16)24-12/h1-7,12H,8-11H2,(H,21,22)/t12-/m0/s1. The van der Waals surface area contributed by atoms with E-state index < -0.39 is 0 Å². The average Bonchev–Trinajstić information content (AvgIpc) is 2.62. The first-order chi connectivity index (χ1) is 12.1. The Bertz CT molecular complexity index is 739. The van der Waals surface area contributed by atoms with Crippen LogP contribution in [0.2, 0.25) is 5.02 Å². The molecule has 1 N–H and O–H groups in total. The molecule has 0 spiro atoms. The molecule has 0 saturated heterocycles. The Morgan fingerprint density at radius 1 is 1.24 bits per heavy atom. The second kappa shape index (κ2) is 8.45. The number of carbonyl (C=O) groups excluding carboxylic acids is 1. The van der Waals surface area contributed by atoms with Gasteiger partial charge in [-0.25, -0.2) is 4.39 Å². The lowest BCUT2D eigenvalue weighted by Crippen LogP contribution is -2.41. The molecule has 0 aromatic heterocycles. The summed E-state index contributed by atoms with van der Waals surface area (Å²) in [4.78, 5) is 11.9. The van der Waals surface area contributed by atoms with E-state index in [2.05, 4.69) is 5.32 Å². The van der Waals surface area contributed by atoms with Crippen molar-refractivity contribution in [1.29, 1.82) is 0 Å². The van der Waals surface area contributed by atoms with Crippen molar-refractivity contribution in [3.8, 4) is 11.5 Å². The number of benzene rings is 2. The number of thioether (sulfide) groups is 1. The van der Waals surface area contributed by atoms with Gasteiger partial charge >= 0.3 is 0 Å². The van der Waals surface area contributed by atoms with Crippen LogP contribution in [0, 0.1) is 5.82 Å². The van der Waals surface area contributed by atoms with E-state index in [9.17, 15) is 9.18 Å². The first kappa shape index (κ1) is 17.9. The molecule has 2 aromatic rings. The predicted molar refractivity (Wildman–Crippen MR) is 96.9 cm³/mol. The van der Waals surface area contributed by atoms with Crippen LogP contribution in [0.4, 0.5) is 4.39 Å². The van der Waals surface area contributed by atoms with Crippen LogP contribution in [0.15, 0.2) is 42.5 Å². The molecule has 2 aromatic carbocycles. The molecule has 3 rings (SSSR count). The molecule has 0 fully saturated rings. The number of halogens is 2. The van der Waals surface area contributed by atoms with Crippen molar-refractivity contribution in [3.05, 3.63) is 58.9 Å². The Morgan fingerprint density at radius 3 is 2.84 bits per heavy atom. The molecule has 25 heavy (non-hydrogen) atoms. The zero-order valence-electron chi connectivity index (χ0n) is 13.3. The van der Waals surface area contributed by atoms with Crippen LogP contribution in [0.1, 0.15) is 5.56 Å². The van der Waals surface area contributed by atoms with Gasteiger partial charge in [-0.3, -0.25) is 4.79 Å². The highest BCUT2D eigenvalue weighted by atomic mass is 35.5.